The van der Waals surface area contributed by atoms with Crippen molar-refractivity contribution in [1.82, 2.24) is 19.7 Å². The molecule has 18 heavy (non-hydrogen) atoms. The maximum Gasteiger partial charge on any atom is 0.227 e. The number of nitrogens with zero attached hydrogens (tertiary/aromatic N) is 5. The SMILES string of the molecule is Cc1cc(-c2nnc(N3CCCC3)n2C)ccn1. The van der Waals surface area contributed by atoms with Crippen LogP contribution < -0.4 is 4.90 Å². The van der Waals surface area contributed by atoms with Gasteiger partial charge in [-0.15, -0.1) is 10.2 Å². The van der Waals surface area contributed by atoms with Crippen molar-refractivity contribution in [2.24, 2.45) is 7.05 Å². The highest BCUT2D eigenvalue weighted by molar-refractivity contribution is 5.57. The minimum Gasteiger partial charge on any atom is -0.341 e. The fourth-order valence-electron chi connectivity index (χ4n) is 2.45. The number of rotatable bonds is 2. The molecule has 1 aliphatic rings. The summed E-state index contributed by atoms with van der Waals surface area (Å²) < 4.78 is 2.07. The molecule has 1 saturated heterocycles. The first kappa shape index (κ1) is 11.2. The molecule has 2 aromatic heterocycles. The molecule has 1 fully saturated rings. The molecule has 0 N–H and O–H groups in total. The standard InChI is InChI=1S/C13H17N5/c1-10-9-11(5-6-14-10)12-15-16-13(17(12)2)18-7-3-4-8-18/h5-6,9H,3-4,7-8H2,1-2H3. The molecule has 3 heterocycles. The van der Waals surface area contributed by atoms with Gasteiger partial charge < -0.3 is 4.90 Å². The third-order valence-electron chi connectivity index (χ3n) is 3.40. The minimum atomic E-state index is 0.905. The van der Waals surface area contributed by atoms with Crippen molar-refractivity contribution >= 4 is 5.95 Å². The predicted octanol–water partition coefficient (Wildman–Crippen LogP) is 1.79. The molecule has 3 rings (SSSR count). The average Bonchev–Trinajstić information content (AvgIpc) is 2.97. The van der Waals surface area contributed by atoms with Crippen LogP contribution in [0.4, 0.5) is 5.95 Å². The topological polar surface area (TPSA) is 46.8 Å². The third-order valence-corrected chi connectivity index (χ3v) is 3.40. The lowest BCUT2D eigenvalue weighted by Gasteiger charge is -2.15. The van der Waals surface area contributed by atoms with Gasteiger partial charge in [-0.3, -0.25) is 9.55 Å². The van der Waals surface area contributed by atoms with Crippen LogP contribution in [0.1, 0.15) is 18.5 Å². The lowest BCUT2D eigenvalue weighted by Crippen LogP contribution is -2.21. The number of pyridine rings is 1. The maximum atomic E-state index is 4.32. The smallest absolute Gasteiger partial charge is 0.227 e. The van der Waals surface area contributed by atoms with Crippen LogP contribution in [0.25, 0.3) is 11.4 Å². The molecule has 0 amide bonds. The minimum absolute atomic E-state index is 0.905. The number of aryl methyl sites for hydroxylation is 1. The highest BCUT2D eigenvalue weighted by atomic mass is 15.4. The Bertz CT molecular complexity index is 554. The van der Waals surface area contributed by atoms with E-state index < -0.39 is 0 Å². The van der Waals surface area contributed by atoms with E-state index >= 15 is 0 Å². The van der Waals surface area contributed by atoms with E-state index in [1.54, 1.807) is 0 Å². The Morgan fingerprint density at radius 1 is 1.17 bits per heavy atom. The largest absolute Gasteiger partial charge is 0.341 e. The van der Waals surface area contributed by atoms with Crippen molar-refractivity contribution in [3.63, 3.8) is 0 Å². The molecule has 5 heteroatoms. The Kier molecular flexibility index (Phi) is 2.74. The van der Waals surface area contributed by atoms with Crippen LogP contribution in [0.15, 0.2) is 18.3 Å². The highest BCUT2D eigenvalue weighted by Gasteiger charge is 2.19. The van der Waals surface area contributed by atoms with Gasteiger partial charge in [-0.2, -0.15) is 0 Å². The second-order valence-corrected chi connectivity index (χ2v) is 4.76. The van der Waals surface area contributed by atoms with Crippen LogP contribution in [-0.4, -0.2) is 32.8 Å². The van der Waals surface area contributed by atoms with Crippen molar-refractivity contribution in [3.8, 4) is 11.4 Å². The molecule has 0 aliphatic carbocycles. The van der Waals surface area contributed by atoms with E-state index in [1.807, 2.05) is 32.3 Å². The first-order valence-corrected chi connectivity index (χ1v) is 6.33. The molecule has 0 aromatic carbocycles. The molecule has 0 bridgehead atoms. The van der Waals surface area contributed by atoms with Crippen LogP contribution in [0.3, 0.4) is 0 Å². The summed E-state index contributed by atoms with van der Waals surface area (Å²) in [4.78, 5) is 6.51. The van der Waals surface area contributed by atoms with Gasteiger partial charge in [0.05, 0.1) is 0 Å². The third kappa shape index (κ3) is 1.85. The second kappa shape index (κ2) is 4.40. The molecule has 94 valence electrons. The van der Waals surface area contributed by atoms with Gasteiger partial charge in [0.1, 0.15) is 0 Å². The Labute approximate surface area is 106 Å². The number of hydrogen-bond acceptors (Lipinski definition) is 4. The van der Waals surface area contributed by atoms with E-state index in [0.29, 0.717) is 0 Å². The van der Waals surface area contributed by atoms with Crippen molar-refractivity contribution in [3.05, 3.63) is 24.0 Å². The molecule has 1 aliphatic heterocycles. The summed E-state index contributed by atoms with van der Waals surface area (Å²) in [5.74, 6) is 1.87. The molecule has 0 unspecified atom stereocenters. The summed E-state index contributed by atoms with van der Waals surface area (Å²) in [6.07, 6.45) is 4.31. The molecular formula is C13H17N5. The van der Waals surface area contributed by atoms with Gasteiger partial charge in [-0.25, -0.2) is 0 Å². The van der Waals surface area contributed by atoms with Gasteiger partial charge in [-0.05, 0) is 31.9 Å². The van der Waals surface area contributed by atoms with Gasteiger partial charge in [0.15, 0.2) is 5.82 Å². The maximum absolute atomic E-state index is 4.32. The fraction of sp³-hybridized carbons (Fsp3) is 0.462. The first-order valence-electron chi connectivity index (χ1n) is 6.33. The van der Waals surface area contributed by atoms with Crippen molar-refractivity contribution in [1.29, 1.82) is 0 Å². The van der Waals surface area contributed by atoms with Crippen LogP contribution in [0.2, 0.25) is 0 Å². The summed E-state index contributed by atoms with van der Waals surface area (Å²) in [5, 5.41) is 8.64. The molecule has 5 nitrogen and oxygen atoms in total. The Hall–Kier alpha value is -1.91. The zero-order valence-corrected chi connectivity index (χ0v) is 10.8. The Balaban J connectivity index is 1.98. The number of anilines is 1. The molecule has 2 aromatic rings. The monoisotopic (exact) mass is 243 g/mol. The van der Waals surface area contributed by atoms with Crippen molar-refractivity contribution < 1.29 is 0 Å². The number of aromatic nitrogens is 4. The van der Waals surface area contributed by atoms with E-state index in [-0.39, 0.29) is 0 Å². The summed E-state index contributed by atoms with van der Waals surface area (Å²) in [6.45, 7) is 4.16. The van der Waals surface area contributed by atoms with Crippen LogP contribution >= 0.6 is 0 Å². The van der Waals surface area contributed by atoms with Gasteiger partial charge in [-0.1, -0.05) is 0 Å². The molecule has 0 spiro atoms. The first-order chi connectivity index (χ1) is 8.75. The van der Waals surface area contributed by atoms with E-state index in [9.17, 15) is 0 Å². The van der Waals surface area contributed by atoms with Crippen molar-refractivity contribution in [2.75, 3.05) is 18.0 Å². The fourth-order valence-corrected chi connectivity index (χ4v) is 2.45. The normalized spacial score (nSPS) is 15.3. The zero-order chi connectivity index (χ0) is 12.5. The molecule has 0 atom stereocenters. The van der Waals surface area contributed by atoms with Gasteiger partial charge in [0, 0.05) is 37.6 Å². The Morgan fingerprint density at radius 2 is 1.94 bits per heavy atom. The van der Waals surface area contributed by atoms with E-state index in [1.165, 1.54) is 12.8 Å². The highest BCUT2D eigenvalue weighted by Crippen LogP contribution is 2.23. The van der Waals surface area contributed by atoms with Crippen LogP contribution in [-0.2, 0) is 7.05 Å². The predicted molar refractivity (Wildman–Crippen MR) is 70.4 cm³/mol. The molecular weight excluding hydrogens is 226 g/mol. The Morgan fingerprint density at radius 3 is 2.67 bits per heavy atom. The van der Waals surface area contributed by atoms with Gasteiger partial charge >= 0.3 is 0 Å². The lowest BCUT2D eigenvalue weighted by molar-refractivity contribution is 0.825. The summed E-state index contributed by atoms with van der Waals surface area (Å²) >= 11 is 0. The lowest BCUT2D eigenvalue weighted by atomic mass is 10.2. The van der Waals surface area contributed by atoms with E-state index in [0.717, 1.165) is 36.1 Å². The molecule has 0 saturated carbocycles. The number of hydrogen-bond donors (Lipinski definition) is 0. The van der Waals surface area contributed by atoms with Crippen LogP contribution in [0.5, 0.6) is 0 Å². The summed E-state index contributed by atoms with van der Waals surface area (Å²) in [6, 6.07) is 4.02. The zero-order valence-electron chi connectivity index (χ0n) is 10.8. The summed E-state index contributed by atoms with van der Waals surface area (Å²) in [5.41, 5.74) is 2.07. The summed E-state index contributed by atoms with van der Waals surface area (Å²) in [7, 11) is 2.03. The van der Waals surface area contributed by atoms with E-state index in [2.05, 4.69) is 24.6 Å². The van der Waals surface area contributed by atoms with Gasteiger partial charge in [0.25, 0.3) is 0 Å². The van der Waals surface area contributed by atoms with Crippen LogP contribution in [0, 0.1) is 6.92 Å². The van der Waals surface area contributed by atoms with Crippen molar-refractivity contribution in [2.45, 2.75) is 19.8 Å². The van der Waals surface area contributed by atoms with Gasteiger partial charge in [0.2, 0.25) is 5.95 Å². The second-order valence-electron chi connectivity index (χ2n) is 4.76. The average molecular weight is 243 g/mol. The quantitative estimate of drug-likeness (QED) is 0.806. The van der Waals surface area contributed by atoms with E-state index in [4.69, 9.17) is 0 Å². The molecule has 0 radical (unpaired) electrons.